The Kier molecular flexibility index (Phi) is 30.9. The van der Waals surface area contributed by atoms with Gasteiger partial charge in [-0.2, -0.15) is 0 Å². The van der Waals surface area contributed by atoms with E-state index >= 15 is 0 Å². The number of hydrogen-bond donors (Lipinski definition) is 2. The number of carbonyl (C=O) groups excluding carboxylic acids is 2. The van der Waals surface area contributed by atoms with E-state index in [1.807, 2.05) is 0 Å². The van der Waals surface area contributed by atoms with Crippen LogP contribution in [0.5, 0.6) is 0 Å². The minimum atomic E-state index is -4.74. The summed E-state index contributed by atoms with van der Waals surface area (Å²) < 4.78 is 26.2. The molecule has 0 aliphatic rings. The van der Waals surface area contributed by atoms with Gasteiger partial charge in [0.25, 0.3) is 0 Å². The van der Waals surface area contributed by atoms with Gasteiger partial charge in [0.15, 0.2) is 6.10 Å². The Bertz CT molecular complexity index is 736. The summed E-state index contributed by atoms with van der Waals surface area (Å²) in [7, 11) is -4.74. The first kappa shape index (κ1) is 42.8. The van der Waals surface area contributed by atoms with Crippen LogP contribution in [0.15, 0.2) is 12.2 Å². The van der Waals surface area contributed by atoms with Crippen LogP contribution in [0.3, 0.4) is 0 Å². The molecule has 0 fully saturated rings. The van der Waals surface area contributed by atoms with E-state index in [9.17, 15) is 14.2 Å². The number of ether oxygens (including phenoxy) is 2. The van der Waals surface area contributed by atoms with E-state index in [4.69, 9.17) is 19.3 Å². The van der Waals surface area contributed by atoms with Crippen molar-refractivity contribution in [3.05, 3.63) is 12.2 Å². The van der Waals surface area contributed by atoms with E-state index in [1.165, 1.54) is 83.5 Å². The molecule has 0 saturated carbocycles. The number of unbranched alkanes of at least 4 members (excludes halogenated alkanes) is 21. The van der Waals surface area contributed by atoms with Crippen LogP contribution in [-0.2, 0) is 28.2 Å². The number of esters is 2. The van der Waals surface area contributed by atoms with Crippen LogP contribution in [0.2, 0.25) is 0 Å². The van der Waals surface area contributed by atoms with Crippen molar-refractivity contribution in [3.8, 4) is 0 Å². The van der Waals surface area contributed by atoms with Crippen molar-refractivity contribution >= 4 is 19.8 Å². The monoisotopic (exact) mass is 646 g/mol. The van der Waals surface area contributed by atoms with Crippen LogP contribution >= 0.6 is 7.82 Å². The zero-order valence-electron chi connectivity index (χ0n) is 28.3. The summed E-state index contributed by atoms with van der Waals surface area (Å²) in [4.78, 5) is 42.6. The highest BCUT2D eigenvalue weighted by Crippen LogP contribution is 2.36. The van der Waals surface area contributed by atoms with Crippen LogP contribution in [0.1, 0.15) is 181 Å². The maximum Gasteiger partial charge on any atom is 0.469 e. The molecule has 44 heavy (non-hydrogen) atoms. The lowest BCUT2D eigenvalue weighted by Gasteiger charge is -2.18. The summed E-state index contributed by atoms with van der Waals surface area (Å²) in [6, 6.07) is 0. The largest absolute Gasteiger partial charge is 0.469 e. The number of carbonyl (C=O) groups is 2. The molecule has 0 aliphatic carbocycles. The Morgan fingerprint density at radius 3 is 1.45 bits per heavy atom. The molecule has 260 valence electrons. The summed E-state index contributed by atoms with van der Waals surface area (Å²) in [5, 5.41) is 0. The third-order valence-corrected chi connectivity index (χ3v) is 8.27. The van der Waals surface area contributed by atoms with E-state index < -0.39 is 32.5 Å². The standard InChI is InChI=1S/C35H67O8P/c1-3-5-7-9-11-13-15-16-17-18-20-22-24-26-28-30-35(37)43-33(32-42-44(38,39)40)31-41-34(36)29-27-25-23-21-19-14-12-10-8-6-4-2/h10,12,33H,3-9,11,13-32H2,1-2H3,(H2,38,39,40)/b12-10-/t33-/m1/s1. The van der Waals surface area contributed by atoms with Crippen LogP contribution in [-0.4, -0.2) is 41.0 Å². The fourth-order valence-corrected chi connectivity index (χ4v) is 5.42. The maximum absolute atomic E-state index is 12.3. The molecule has 8 nitrogen and oxygen atoms in total. The third-order valence-electron chi connectivity index (χ3n) is 7.78. The molecule has 0 unspecified atom stereocenters. The second-order valence-electron chi connectivity index (χ2n) is 12.2. The SMILES string of the molecule is CCCC/C=C\CCCCCCCC(=O)OC[C@H](COP(=O)(O)O)OC(=O)CCCCCCCCCCCCCCCCC. The number of phosphoric ester groups is 1. The molecule has 0 aromatic rings. The average Bonchev–Trinajstić information content (AvgIpc) is 2.98. The predicted octanol–water partition coefficient (Wildman–Crippen LogP) is 10.3. The van der Waals surface area contributed by atoms with Gasteiger partial charge in [0.2, 0.25) is 0 Å². The van der Waals surface area contributed by atoms with Crippen molar-refractivity contribution in [2.24, 2.45) is 0 Å². The molecule has 1 atom stereocenters. The Labute approximate surface area is 269 Å². The highest BCUT2D eigenvalue weighted by atomic mass is 31.2. The summed E-state index contributed by atoms with van der Waals surface area (Å²) in [5.74, 6) is -0.890. The Morgan fingerprint density at radius 1 is 0.568 bits per heavy atom. The number of hydrogen-bond acceptors (Lipinski definition) is 6. The quantitative estimate of drug-likeness (QED) is 0.0313. The second kappa shape index (κ2) is 31.8. The Balaban J connectivity index is 3.96. The Morgan fingerprint density at radius 2 is 0.977 bits per heavy atom. The van der Waals surface area contributed by atoms with E-state index in [-0.39, 0.29) is 19.4 Å². The zero-order valence-corrected chi connectivity index (χ0v) is 29.2. The first-order valence-electron chi connectivity index (χ1n) is 18.0. The summed E-state index contributed by atoms with van der Waals surface area (Å²) in [6.45, 7) is 3.63. The van der Waals surface area contributed by atoms with Gasteiger partial charge in [-0.3, -0.25) is 14.1 Å². The smallest absolute Gasteiger partial charge is 0.462 e. The van der Waals surface area contributed by atoms with Crippen LogP contribution in [0, 0.1) is 0 Å². The molecule has 0 aliphatic heterocycles. The molecule has 0 bridgehead atoms. The maximum atomic E-state index is 12.3. The molecule has 0 aromatic carbocycles. The van der Waals surface area contributed by atoms with E-state index in [0.29, 0.717) is 12.8 Å². The van der Waals surface area contributed by atoms with Gasteiger partial charge in [-0.05, 0) is 32.1 Å². The van der Waals surface area contributed by atoms with Crippen molar-refractivity contribution < 1.29 is 37.9 Å². The van der Waals surface area contributed by atoms with Gasteiger partial charge in [-0.15, -0.1) is 0 Å². The van der Waals surface area contributed by atoms with Gasteiger partial charge in [0.05, 0.1) is 6.61 Å². The van der Waals surface area contributed by atoms with Crippen molar-refractivity contribution in [1.29, 1.82) is 0 Å². The van der Waals surface area contributed by atoms with E-state index in [2.05, 4.69) is 30.5 Å². The normalized spacial score (nSPS) is 12.5. The predicted molar refractivity (Wildman–Crippen MR) is 179 cm³/mol. The molecule has 0 aromatic heterocycles. The fraction of sp³-hybridized carbons (Fsp3) is 0.886. The van der Waals surface area contributed by atoms with Gasteiger partial charge in [0.1, 0.15) is 6.61 Å². The van der Waals surface area contributed by atoms with Crippen molar-refractivity contribution in [2.45, 2.75) is 187 Å². The lowest BCUT2D eigenvalue weighted by molar-refractivity contribution is -0.161. The zero-order chi connectivity index (χ0) is 32.6. The molecule has 0 heterocycles. The minimum absolute atomic E-state index is 0.215. The average molecular weight is 647 g/mol. The van der Waals surface area contributed by atoms with E-state index in [1.54, 1.807) is 0 Å². The summed E-state index contributed by atoms with van der Waals surface area (Å²) in [6.07, 6.45) is 32.2. The Hall–Kier alpha value is -1.21. The summed E-state index contributed by atoms with van der Waals surface area (Å²) in [5.41, 5.74) is 0. The lowest BCUT2D eigenvalue weighted by atomic mass is 10.0. The van der Waals surface area contributed by atoms with Gasteiger partial charge >= 0.3 is 19.8 Å². The van der Waals surface area contributed by atoms with Crippen molar-refractivity contribution in [3.63, 3.8) is 0 Å². The van der Waals surface area contributed by atoms with Crippen LogP contribution in [0.25, 0.3) is 0 Å². The van der Waals surface area contributed by atoms with E-state index in [0.717, 1.165) is 57.8 Å². The van der Waals surface area contributed by atoms with Crippen molar-refractivity contribution in [2.75, 3.05) is 13.2 Å². The third kappa shape index (κ3) is 33.7. The molecule has 0 spiro atoms. The topological polar surface area (TPSA) is 119 Å². The second-order valence-corrected chi connectivity index (χ2v) is 13.4. The summed E-state index contributed by atoms with van der Waals surface area (Å²) >= 11 is 0. The molecule has 0 saturated heterocycles. The molecular formula is C35H67O8P. The fourth-order valence-electron chi connectivity index (χ4n) is 5.06. The number of rotatable bonds is 33. The number of phosphoric acid groups is 1. The highest BCUT2D eigenvalue weighted by molar-refractivity contribution is 7.46. The van der Waals surface area contributed by atoms with Gasteiger partial charge in [0, 0.05) is 12.8 Å². The van der Waals surface area contributed by atoms with Crippen molar-refractivity contribution in [1.82, 2.24) is 0 Å². The molecular weight excluding hydrogens is 579 g/mol. The molecule has 0 amide bonds. The molecule has 0 rings (SSSR count). The lowest BCUT2D eigenvalue weighted by Crippen LogP contribution is -2.29. The highest BCUT2D eigenvalue weighted by Gasteiger charge is 2.22. The van der Waals surface area contributed by atoms with Gasteiger partial charge < -0.3 is 19.3 Å². The minimum Gasteiger partial charge on any atom is -0.462 e. The van der Waals surface area contributed by atoms with Crippen LogP contribution in [0.4, 0.5) is 0 Å². The molecule has 9 heteroatoms. The first-order chi connectivity index (χ1) is 21.3. The number of allylic oxidation sites excluding steroid dienone is 2. The van der Waals surface area contributed by atoms with Gasteiger partial charge in [-0.25, -0.2) is 4.57 Å². The van der Waals surface area contributed by atoms with Crippen LogP contribution < -0.4 is 0 Å². The van der Waals surface area contributed by atoms with Gasteiger partial charge in [-0.1, -0.05) is 148 Å². The molecule has 2 N–H and O–H groups in total. The first-order valence-corrected chi connectivity index (χ1v) is 19.5. The molecule has 0 radical (unpaired) electrons.